The lowest BCUT2D eigenvalue weighted by Gasteiger charge is -2.25. The van der Waals surface area contributed by atoms with Crippen LogP contribution in [0.25, 0.3) is 0 Å². The molecule has 0 spiro atoms. The van der Waals surface area contributed by atoms with Gasteiger partial charge >= 0.3 is 5.69 Å². The Hall–Kier alpha value is -1.89. The highest BCUT2D eigenvalue weighted by atomic mass is 16.3. The maximum atomic E-state index is 12.2. The summed E-state index contributed by atoms with van der Waals surface area (Å²) in [5.74, 6) is -0.324. The Labute approximate surface area is 135 Å². The number of likely N-dealkylation sites (tertiary alicyclic amines) is 1. The Morgan fingerprint density at radius 2 is 1.78 bits per heavy atom. The van der Waals surface area contributed by atoms with Crippen molar-refractivity contribution in [3.8, 4) is 5.88 Å². The highest BCUT2D eigenvalue weighted by Crippen LogP contribution is 2.11. The molecule has 1 saturated heterocycles. The molecule has 0 aliphatic carbocycles. The topological polar surface area (TPSA) is 79.8 Å². The molecule has 7 nitrogen and oxygen atoms in total. The number of aromatic nitrogens is 2. The first-order valence-corrected chi connectivity index (χ1v) is 8.16. The first-order valence-electron chi connectivity index (χ1n) is 8.16. The molecule has 1 fully saturated rings. The zero-order valence-electron chi connectivity index (χ0n) is 14.2. The number of aliphatic imine (C=N–C) groups is 1. The summed E-state index contributed by atoms with van der Waals surface area (Å²) in [6, 6.07) is 0. The highest BCUT2D eigenvalue weighted by Gasteiger charge is 2.17. The fraction of sp³-hybridized carbons (Fsp3) is 0.688. The molecule has 0 radical (unpaired) electrons. The second-order valence-corrected chi connectivity index (χ2v) is 6.13. The lowest BCUT2D eigenvalue weighted by Crippen LogP contribution is -2.39. The van der Waals surface area contributed by atoms with Gasteiger partial charge in [-0.15, -0.1) is 0 Å². The molecule has 2 rings (SSSR count). The quantitative estimate of drug-likeness (QED) is 0.631. The Morgan fingerprint density at radius 1 is 1.13 bits per heavy atom. The molecule has 1 N–H and O–H groups in total. The van der Waals surface area contributed by atoms with Crippen LogP contribution < -0.4 is 11.2 Å². The zero-order chi connectivity index (χ0) is 17.0. The lowest BCUT2D eigenvalue weighted by molar-refractivity contribution is 0.228. The Balaban J connectivity index is 2.06. The second-order valence-electron chi connectivity index (χ2n) is 6.13. The molecule has 23 heavy (non-hydrogen) atoms. The Kier molecular flexibility index (Phi) is 5.76. The van der Waals surface area contributed by atoms with E-state index in [0.29, 0.717) is 12.3 Å². The van der Waals surface area contributed by atoms with Gasteiger partial charge in [-0.2, -0.15) is 0 Å². The van der Waals surface area contributed by atoms with Crippen LogP contribution in [0.4, 0.5) is 0 Å². The summed E-state index contributed by atoms with van der Waals surface area (Å²) in [6.45, 7) is 5.62. The summed E-state index contributed by atoms with van der Waals surface area (Å²) in [7, 11) is 2.83. The van der Waals surface area contributed by atoms with Crippen LogP contribution in [0, 0.1) is 0 Å². The summed E-state index contributed by atoms with van der Waals surface area (Å²) in [6.07, 6.45) is 4.78. The van der Waals surface area contributed by atoms with E-state index in [-0.39, 0.29) is 11.4 Å². The summed E-state index contributed by atoms with van der Waals surface area (Å²) in [5, 5.41) is 10.1. The van der Waals surface area contributed by atoms with Crippen LogP contribution in [0.1, 0.15) is 38.2 Å². The van der Waals surface area contributed by atoms with Crippen LogP contribution in [-0.2, 0) is 14.1 Å². The van der Waals surface area contributed by atoms with Crippen molar-refractivity contribution in [1.82, 2.24) is 14.0 Å². The summed E-state index contributed by atoms with van der Waals surface area (Å²) < 4.78 is 2.05. The van der Waals surface area contributed by atoms with E-state index in [0.717, 1.165) is 35.2 Å². The van der Waals surface area contributed by atoms with E-state index in [1.54, 1.807) is 6.92 Å². The molecule has 0 unspecified atom stereocenters. The molecule has 1 aromatic heterocycles. The van der Waals surface area contributed by atoms with Gasteiger partial charge in [-0.1, -0.05) is 6.42 Å². The van der Waals surface area contributed by atoms with Gasteiger partial charge in [0.25, 0.3) is 5.56 Å². The molecule has 0 amide bonds. The molecule has 7 heteroatoms. The molecule has 128 valence electrons. The van der Waals surface area contributed by atoms with Gasteiger partial charge in [-0.25, -0.2) is 4.79 Å². The molecule has 0 bridgehead atoms. The standard InChI is InChI=1S/C16H26N4O3/c1-12(17-8-7-11-20-9-5-4-6-10-20)13-14(21)18(2)16(23)19(3)15(13)22/h21H,4-11H2,1-3H3. The molecule has 0 saturated carbocycles. The molecule has 1 aliphatic heterocycles. The Bertz CT molecular complexity index is 697. The van der Waals surface area contributed by atoms with E-state index < -0.39 is 11.2 Å². The minimum absolute atomic E-state index is 0.104. The van der Waals surface area contributed by atoms with E-state index in [2.05, 4.69) is 9.89 Å². The summed E-state index contributed by atoms with van der Waals surface area (Å²) >= 11 is 0. The van der Waals surface area contributed by atoms with Crippen molar-refractivity contribution < 1.29 is 5.11 Å². The first kappa shape index (κ1) is 17.5. The van der Waals surface area contributed by atoms with Crippen LogP contribution in [0.3, 0.4) is 0 Å². The molecule has 2 heterocycles. The van der Waals surface area contributed by atoms with Crippen molar-refractivity contribution in [2.24, 2.45) is 19.1 Å². The van der Waals surface area contributed by atoms with Gasteiger partial charge in [0.05, 0.1) is 0 Å². The minimum atomic E-state index is -0.547. The molecule has 1 aliphatic rings. The molecular formula is C16H26N4O3. The molecule has 0 atom stereocenters. The van der Waals surface area contributed by atoms with Crippen LogP contribution >= 0.6 is 0 Å². The summed E-state index contributed by atoms with van der Waals surface area (Å²) in [4.78, 5) is 30.8. The van der Waals surface area contributed by atoms with Crippen molar-refractivity contribution in [1.29, 1.82) is 0 Å². The average Bonchev–Trinajstić information content (AvgIpc) is 2.56. The van der Waals surface area contributed by atoms with E-state index >= 15 is 0 Å². The van der Waals surface area contributed by atoms with Gasteiger partial charge < -0.3 is 10.0 Å². The predicted molar refractivity (Wildman–Crippen MR) is 90.6 cm³/mol. The van der Waals surface area contributed by atoms with Gasteiger partial charge in [0.1, 0.15) is 5.56 Å². The molecule has 0 aromatic carbocycles. The van der Waals surface area contributed by atoms with E-state index in [1.807, 2.05) is 0 Å². The zero-order valence-corrected chi connectivity index (χ0v) is 14.2. The second kappa shape index (κ2) is 7.59. The normalized spacial score (nSPS) is 16.7. The van der Waals surface area contributed by atoms with Crippen molar-refractivity contribution in [2.45, 2.75) is 32.6 Å². The number of piperidine rings is 1. The third-order valence-electron chi connectivity index (χ3n) is 4.43. The fourth-order valence-electron chi connectivity index (χ4n) is 2.95. The van der Waals surface area contributed by atoms with Crippen LogP contribution in [0.2, 0.25) is 0 Å². The van der Waals surface area contributed by atoms with E-state index in [1.165, 1.54) is 33.4 Å². The van der Waals surface area contributed by atoms with Crippen molar-refractivity contribution in [2.75, 3.05) is 26.2 Å². The smallest absolute Gasteiger partial charge is 0.333 e. The number of rotatable bonds is 5. The van der Waals surface area contributed by atoms with Crippen LogP contribution in [-0.4, -0.2) is 51.0 Å². The number of aromatic hydroxyl groups is 1. The highest BCUT2D eigenvalue weighted by molar-refractivity contribution is 6.00. The molecular weight excluding hydrogens is 296 g/mol. The van der Waals surface area contributed by atoms with Crippen molar-refractivity contribution in [3.05, 3.63) is 26.4 Å². The van der Waals surface area contributed by atoms with Crippen molar-refractivity contribution >= 4 is 5.71 Å². The lowest BCUT2D eigenvalue weighted by atomic mass is 10.1. The predicted octanol–water partition coefficient (Wildman–Crippen LogP) is 0.475. The van der Waals surface area contributed by atoms with E-state index in [4.69, 9.17) is 0 Å². The third kappa shape index (κ3) is 3.90. The molecule has 1 aromatic rings. The largest absolute Gasteiger partial charge is 0.494 e. The summed E-state index contributed by atoms with van der Waals surface area (Å²) in [5.41, 5.74) is -0.484. The van der Waals surface area contributed by atoms with Gasteiger partial charge in [0, 0.05) is 26.4 Å². The minimum Gasteiger partial charge on any atom is -0.494 e. The van der Waals surface area contributed by atoms with Crippen LogP contribution in [0.15, 0.2) is 14.6 Å². The average molecular weight is 322 g/mol. The maximum Gasteiger partial charge on any atom is 0.333 e. The van der Waals surface area contributed by atoms with E-state index in [9.17, 15) is 14.7 Å². The first-order chi connectivity index (χ1) is 10.9. The van der Waals surface area contributed by atoms with Crippen molar-refractivity contribution in [3.63, 3.8) is 0 Å². The third-order valence-corrected chi connectivity index (χ3v) is 4.43. The van der Waals surface area contributed by atoms with Gasteiger partial charge in [0.15, 0.2) is 0 Å². The maximum absolute atomic E-state index is 12.2. The monoisotopic (exact) mass is 322 g/mol. The van der Waals surface area contributed by atoms with Crippen LogP contribution in [0.5, 0.6) is 5.88 Å². The van der Waals surface area contributed by atoms with Gasteiger partial charge in [-0.3, -0.25) is 18.9 Å². The number of hydrogen-bond donors (Lipinski definition) is 1. The Morgan fingerprint density at radius 3 is 2.43 bits per heavy atom. The number of hydrogen-bond acceptors (Lipinski definition) is 5. The fourth-order valence-corrected chi connectivity index (χ4v) is 2.95. The van der Waals surface area contributed by atoms with Gasteiger partial charge in [0.2, 0.25) is 5.88 Å². The van der Waals surface area contributed by atoms with Gasteiger partial charge in [-0.05, 0) is 45.8 Å². The SMILES string of the molecule is CC(=NCCCN1CCCCC1)c1c(O)n(C)c(=O)n(C)c1=O. The number of nitrogens with zero attached hydrogens (tertiary/aromatic N) is 4.